The highest BCUT2D eigenvalue weighted by Crippen LogP contribution is 2.31. The maximum absolute atomic E-state index is 12.3. The van der Waals surface area contributed by atoms with Gasteiger partial charge in [0.25, 0.3) is 0 Å². The summed E-state index contributed by atoms with van der Waals surface area (Å²) in [5.41, 5.74) is 6.50. The zero-order valence-corrected chi connectivity index (χ0v) is 44.5. The van der Waals surface area contributed by atoms with E-state index in [1.807, 2.05) is 131 Å². The molecular formula is C62H79ClN6O4. The third-order valence-electron chi connectivity index (χ3n) is 12.4. The predicted molar refractivity (Wildman–Crippen MR) is 299 cm³/mol. The molecule has 2 amide bonds. The van der Waals surface area contributed by atoms with E-state index in [-0.39, 0.29) is 35.2 Å². The summed E-state index contributed by atoms with van der Waals surface area (Å²) < 4.78 is 33.5. The molecule has 0 unspecified atom stereocenters. The van der Waals surface area contributed by atoms with Gasteiger partial charge in [-0.3, -0.25) is 9.80 Å². The molecule has 3 saturated heterocycles. The van der Waals surface area contributed by atoms with Crippen LogP contribution in [-0.2, 0) is 9.47 Å². The van der Waals surface area contributed by atoms with E-state index < -0.39 is 12.6 Å². The highest BCUT2D eigenvalue weighted by Gasteiger charge is 2.31. The van der Waals surface area contributed by atoms with Crippen LogP contribution in [-0.4, -0.2) is 133 Å². The molecule has 1 N–H and O–H groups in total. The minimum absolute atomic E-state index is 0.0441. The number of carbonyl (C=O) groups excluding carboxylic acids is 2. The predicted octanol–water partition coefficient (Wildman–Crippen LogP) is 12.2. The number of amides is 2. The molecule has 6 aromatic carbocycles. The van der Waals surface area contributed by atoms with Gasteiger partial charge in [-0.2, -0.15) is 0 Å². The van der Waals surface area contributed by atoms with Crippen LogP contribution in [0.1, 0.15) is 96.5 Å². The Morgan fingerprint density at radius 2 is 0.712 bits per heavy atom. The van der Waals surface area contributed by atoms with Gasteiger partial charge in [-0.15, -0.1) is 11.6 Å². The molecule has 3 aliphatic rings. The Morgan fingerprint density at radius 3 is 1.00 bits per heavy atom. The molecule has 0 aromatic heterocycles. The number of hydrogen-bond acceptors (Lipinski definition) is 8. The number of alkyl halides is 1. The van der Waals surface area contributed by atoms with Crippen molar-refractivity contribution in [2.24, 2.45) is 0 Å². The SMILES string of the molecule is CC(C)(C)OC(=O)N1CCN(C(c2ccccc2)c2ccccc2)CC1.CC(C)(C)OC(=O)N1CCNCC1.ClC(c1ccccc1)c1ccccc1.[2H]C([2H])([2H])N1CCN(C(c2ccccc2)c2ccccc2)CC1. The minimum atomic E-state index is -1.99. The lowest BCUT2D eigenvalue weighted by Gasteiger charge is -2.40. The summed E-state index contributed by atoms with van der Waals surface area (Å²) >= 11 is 6.33. The smallest absolute Gasteiger partial charge is 0.410 e. The van der Waals surface area contributed by atoms with E-state index in [0.29, 0.717) is 26.2 Å². The van der Waals surface area contributed by atoms with Crippen molar-refractivity contribution in [3.63, 3.8) is 0 Å². The van der Waals surface area contributed by atoms with Crippen LogP contribution in [0, 0.1) is 0 Å². The lowest BCUT2D eigenvalue weighted by Crippen LogP contribution is -2.51. The zero-order chi connectivity index (χ0) is 54.6. The van der Waals surface area contributed by atoms with Crippen LogP contribution in [0.4, 0.5) is 9.59 Å². The van der Waals surface area contributed by atoms with E-state index in [0.717, 1.165) is 63.5 Å². The Morgan fingerprint density at radius 1 is 0.438 bits per heavy atom. The van der Waals surface area contributed by atoms with Gasteiger partial charge in [0.15, 0.2) is 0 Å². The number of rotatable bonds is 8. The fraction of sp³-hybridized carbons (Fsp3) is 0.387. The lowest BCUT2D eigenvalue weighted by atomic mass is 9.96. The Kier molecular flexibility index (Phi) is 20.2. The number of nitrogens with zero attached hydrogens (tertiary/aromatic N) is 5. The van der Waals surface area contributed by atoms with Crippen LogP contribution < -0.4 is 5.32 Å². The normalized spacial score (nSPS) is 16.5. The molecule has 11 heteroatoms. The third kappa shape index (κ3) is 18.8. The van der Waals surface area contributed by atoms with Crippen molar-refractivity contribution in [1.82, 2.24) is 29.8 Å². The molecule has 73 heavy (non-hydrogen) atoms. The number of likely N-dealkylation sites (N-methyl/N-ethyl adjacent to an activating group) is 1. The summed E-state index contributed by atoms with van der Waals surface area (Å²) in [6, 6.07) is 62.6. The number of benzene rings is 6. The van der Waals surface area contributed by atoms with Crippen molar-refractivity contribution in [3.05, 3.63) is 215 Å². The molecule has 10 nitrogen and oxygen atoms in total. The Bertz CT molecular complexity index is 2450. The summed E-state index contributed by atoms with van der Waals surface area (Å²) in [6.45, 7) is 18.3. The average Bonchev–Trinajstić information content (AvgIpc) is 3.43. The van der Waals surface area contributed by atoms with Crippen LogP contribution in [0.3, 0.4) is 0 Å². The van der Waals surface area contributed by atoms with Crippen molar-refractivity contribution >= 4 is 23.8 Å². The number of piperazine rings is 3. The second kappa shape index (κ2) is 28.4. The molecule has 3 aliphatic heterocycles. The standard InChI is InChI=1S/C22H28N2O2.C18H22N2.C13H11Cl.C9H18N2O2/c1-22(2,3)26-21(25)24-16-14-23(15-17-24)20(18-10-6-4-7-11-18)19-12-8-5-9-13-19;1-19-12-14-20(15-13-19)18(16-8-4-2-5-9-16)17-10-6-3-7-11-17;14-13(11-7-3-1-4-8-11)12-9-5-2-6-10-12;1-9(2,3)13-8(12)11-6-4-10-5-7-11/h4-13,20H,14-17H2,1-3H3;2-11,18H,12-15H2,1H3;1-10,13H;10H,4-7H2,1-3H3/i;1D3;;. The largest absolute Gasteiger partial charge is 0.444 e. The number of hydrogen-bond donors (Lipinski definition) is 1. The number of ether oxygens (including phenoxy) is 2. The van der Waals surface area contributed by atoms with Crippen LogP contribution in [0.2, 0.25) is 0 Å². The fourth-order valence-corrected chi connectivity index (χ4v) is 9.14. The topological polar surface area (TPSA) is 80.8 Å². The van der Waals surface area contributed by atoms with Gasteiger partial charge in [0.1, 0.15) is 11.2 Å². The molecule has 0 radical (unpaired) electrons. The quantitative estimate of drug-likeness (QED) is 0.151. The minimum Gasteiger partial charge on any atom is -0.444 e. The molecule has 0 atom stereocenters. The first-order valence-electron chi connectivity index (χ1n) is 27.2. The molecule has 0 saturated carbocycles. The van der Waals surface area contributed by atoms with Gasteiger partial charge >= 0.3 is 12.2 Å². The van der Waals surface area contributed by atoms with Crippen LogP contribution >= 0.6 is 11.6 Å². The molecule has 388 valence electrons. The van der Waals surface area contributed by atoms with Crippen molar-refractivity contribution in [1.29, 1.82) is 0 Å². The van der Waals surface area contributed by atoms with Crippen molar-refractivity contribution < 1.29 is 23.2 Å². The molecule has 9 rings (SSSR count). The summed E-state index contributed by atoms with van der Waals surface area (Å²) in [6.07, 6.45) is -0.415. The summed E-state index contributed by atoms with van der Waals surface area (Å²) in [5, 5.41) is 3.14. The number of carbonyl (C=O) groups is 2. The summed E-state index contributed by atoms with van der Waals surface area (Å²) in [4.78, 5) is 33.8. The van der Waals surface area contributed by atoms with E-state index in [1.165, 1.54) is 22.3 Å². The van der Waals surface area contributed by atoms with E-state index in [4.69, 9.17) is 25.2 Å². The van der Waals surface area contributed by atoms with Gasteiger partial charge in [-0.25, -0.2) is 9.59 Å². The zero-order valence-electron chi connectivity index (χ0n) is 46.8. The molecular weight excluding hydrogens is 928 g/mol. The average molecular weight is 1010 g/mol. The highest BCUT2D eigenvalue weighted by molar-refractivity contribution is 6.22. The van der Waals surface area contributed by atoms with Gasteiger partial charge in [0.2, 0.25) is 0 Å². The highest BCUT2D eigenvalue weighted by atomic mass is 35.5. The number of halogens is 1. The van der Waals surface area contributed by atoms with Crippen LogP contribution in [0.25, 0.3) is 0 Å². The Hall–Kier alpha value is -6.01. The molecule has 0 aliphatic carbocycles. The second-order valence-electron chi connectivity index (χ2n) is 20.4. The van der Waals surface area contributed by atoms with Crippen molar-refractivity contribution in [2.75, 3.05) is 85.5 Å². The van der Waals surface area contributed by atoms with Gasteiger partial charge < -0.3 is 29.5 Å². The first kappa shape index (κ1) is 51.9. The third-order valence-corrected chi connectivity index (χ3v) is 12.9. The first-order chi connectivity index (χ1) is 36.4. The maximum atomic E-state index is 12.3. The van der Waals surface area contributed by atoms with Gasteiger partial charge in [0.05, 0.1) is 17.5 Å². The molecule has 3 fully saturated rings. The van der Waals surface area contributed by atoms with E-state index >= 15 is 0 Å². The van der Waals surface area contributed by atoms with Crippen LogP contribution in [0.5, 0.6) is 0 Å². The molecule has 0 bridgehead atoms. The molecule has 6 aromatic rings. The van der Waals surface area contributed by atoms with Gasteiger partial charge in [-0.1, -0.05) is 182 Å². The van der Waals surface area contributed by atoms with Crippen molar-refractivity contribution in [2.45, 2.75) is 70.2 Å². The summed E-state index contributed by atoms with van der Waals surface area (Å²) in [5.74, 6) is 0. The van der Waals surface area contributed by atoms with E-state index in [1.54, 1.807) is 9.80 Å². The molecule has 0 spiro atoms. The Labute approximate surface area is 446 Å². The summed E-state index contributed by atoms with van der Waals surface area (Å²) in [7, 11) is 0. The van der Waals surface area contributed by atoms with E-state index in [9.17, 15) is 9.59 Å². The fourth-order valence-electron chi connectivity index (χ4n) is 8.85. The molecule has 3 heterocycles. The van der Waals surface area contributed by atoms with Crippen LogP contribution in [0.15, 0.2) is 182 Å². The van der Waals surface area contributed by atoms with E-state index in [2.05, 4.69) is 112 Å². The number of nitrogens with one attached hydrogen (secondary N) is 1. The second-order valence-corrected chi connectivity index (χ2v) is 20.8. The van der Waals surface area contributed by atoms with Gasteiger partial charge in [0, 0.05) is 82.6 Å². The first-order valence-corrected chi connectivity index (χ1v) is 26.1. The van der Waals surface area contributed by atoms with Crippen molar-refractivity contribution in [3.8, 4) is 0 Å². The maximum Gasteiger partial charge on any atom is 0.410 e. The van der Waals surface area contributed by atoms with Gasteiger partial charge in [-0.05, 0) is 81.9 Å². The lowest BCUT2D eigenvalue weighted by molar-refractivity contribution is 0.0118. The monoisotopic (exact) mass is 1010 g/mol. The Balaban J connectivity index is 0.000000171.